The van der Waals surface area contributed by atoms with Crippen molar-refractivity contribution in [3.05, 3.63) is 29.8 Å². The summed E-state index contributed by atoms with van der Waals surface area (Å²) in [5.41, 5.74) is -0.880. The van der Waals surface area contributed by atoms with Gasteiger partial charge >= 0.3 is 7.12 Å². The van der Waals surface area contributed by atoms with Crippen LogP contribution in [0.3, 0.4) is 0 Å². The van der Waals surface area contributed by atoms with Crippen LogP contribution in [0.1, 0.15) is 53.0 Å². The van der Waals surface area contributed by atoms with Gasteiger partial charge in [-0.3, -0.25) is 0 Å². The number of benzene rings is 1. The van der Waals surface area contributed by atoms with Gasteiger partial charge in [0.25, 0.3) is 5.92 Å². The van der Waals surface area contributed by atoms with Gasteiger partial charge in [-0.15, -0.1) is 0 Å². The van der Waals surface area contributed by atoms with Crippen LogP contribution in [0.2, 0.25) is 0 Å². The van der Waals surface area contributed by atoms with Gasteiger partial charge < -0.3 is 9.31 Å². The molecule has 22 heavy (non-hydrogen) atoms. The Morgan fingerprint density at radius 3 is 1.77 bits per heavy atom. The molecule has 120 valence electrons. The zero-order valence-corrected chi connectivity index (χ0v) is 13.9. The maximum absolute atomic E-state index is 14.4. The van der Waals surface area contributed by atoms with Crippen molar-refractivity contribution >= 4 is 12.6 Å². The number of halogens is 2. The lowest BCUT2D eigenvalue weighted by Gasteiger charge is -2.32. The Morgan fingerprint density at radius 1 is 0.909 bits per heavy atom. The highest BCUT2D eigenvalue weighted by Gasteiger charge is 2.59. The molecule has 1 saturated heterocycles. The SMILES string of the molecule is CC1(C(F)(F)c2ccc(B3OC(C)(C)C(C)(C)O3)cc2)CC1. The third kappa shape index (κ3) is 2.30. The quantitative estimate of drug-likeness (QED) is 0.789. The average Bonchev–Trinajstić information content (AvgIpc) is 3.12. The van der Waals surface area contributed by atoms with Crippen molar-refractivity contribution in [2.24, 2.45) is 5.41 Å². The monoisotopic (exact) mass is 308 g/mol. The van der Waals surface area contributed by atoms with Gasteiger partial charge in [-0.1, -0.05) is 31.2 Å². The molecule has 2 nitrogen and oxygen atoms in total. The van der Waals surface area contributed by atoms with Crippen LogP contribution in [0, 0.1) is 5.41 Å². The molecule has 0 amide bonds. The second-order valence-corrected chi connectivity index (χ2v) is 7.85. The van der Waals surface area contributed by atoms with E-state index in [0.29, 0.717) is 12.8 Å². The van der Waals surface area contributed by atoms with Crippen LogP contribution in [-0.2, 0) is 15.2 Å². The smallest absolute Gasteiger partial charge is 0.399 e. The minimum Gasteiger partial charge on any atom is -0.399 e. The molecule has 1 aromatic rings. The van der Waals surface area contributed by atoms with Gasteiger partial charge in [0, 0.05) is 11.0 Å². The number of rotatable bonds is 3. The lowest BCUT2D eigenvalue weighted by molar-refractivity contribution is -0.0724. The molecule has 1 saturated carbocycles. The van der Waals surface area contributed by atoms with Crippen molar-refractivity contribution in [2.45, 2.75) is 64.6 Å². The van der Waals surface area contributed by atoms with Crippen molar-refractivity contribution in [3.63, 3.8) is 0 Å². The fraction of sp³-hybridized carbons (Fsp3) is 0.647. The van der Waals surface area contributed by atoms with E-state index >= 15 is 0 Å². The first-order valence-corrected chi connectivity index (χ1v) is 7.82. The molecule has 0 aromatic heterocycles. The van der Waals surface area contributed by atoms with E-state index in [1.807, 2.05) is 27.7 Å². The van der Waals surface area contributed by atoms with Crippen LogP contribution in [0.15, 0.2) is 24.3 Å². The van der Waals surface area contributed by atoms with E-state index in [9.17, 15) is 8.78 Å². The van der Waals surface area contributed by atoms with Gasteiger partial charge in [-0.05, 0) is 46.0 Å². The highest BCUT2D eigenvalue weighted by molar-refractivity contribution is 6.62. The normalized spacial score (nSPS) is 25.3. The number of hydrogen-bond acceptors (Lipinski definition) is 2. The van der Waals surface area contributed by atoms with E-state index in [0.717, 1.165) is 5.46 Å². The minimum absolute atomic E-state index is 0.0766. The van der Waals surface area contributed by atoms with E-state index in [2.05, 4.69) is 0 Å². The molecular formula is C17H23BF2O2. The van der Waals surface area contributed by atoms with Crippen molar-refractivity contribution in [1.29, 1.82) is 0 Å². The Balaban J connectivity index is 1.81. The molecule has 1 aliphatic carbocycles. The molecule has 1 aromatic carbocycles. The minimum atomic E-state index is -2.78. The molecule has 0 unspecified atom stereocenters. The first-order valence-electron chi connectivity index (χ1n) is 7.82. The first kappa shape index (κ1) is 15.9. The van der Waals surface area contributed by atoms with Crippen LogP contribution >= 0.6 is 0 Å². The van der Waals surface area contributed by atoms with E-state index in [1.54, 1.807) is 19.1 Å². The fourth-order valence-electron chi connectivity index (χ4n) is 2.68. The Kier molecular flexibility index (Phi) is 3.29. The summed E-state index contributed by atoms with van der Waals surface area (Å²) >= 11 is 0. The van der Waals surface area contributed by atoms with Crippen LogP contribution in [0.25, 0.3) is 0 Å². The van der Waals surface area contributed by atoms with Crippen LogP contribution in [-0.4, -0.2) is 18.3 Å². The average molecular weight is 308 g/mol. The zero-order valence-electron chi connectivity index (χ0n) is 13.9. The number of hydrogen-bond donors (Lipinski definition) is 0. The van der Waals surface area contributed by atoms with Crippen LogP contribution < -0.4 is 5.46 Å². The second kappa shape index (κ2) is 4.54. The molecule has 0 N–H and O–H groups in total. The molecule has 0 bridgehead atoms. The van der Waals surface area contributed by atoms with Gasteiger partial charge in [-0.2, -0.15) is 0 Å². The zero-order chi connectivity index (χ0) is 16.4. The molecular weight excluding hydrogens is 285 g/mol. The van der Waals surface area contributed by atoms with E-state index in [1.165, 1.54) is 12.1 Å². The summed E-state index contributed by atoms with van der Waals surface area (Å²) < 4.78 is 40.7. The van der Waals surface area contributed by atoms with Crippen LogP contribution in [0.5, 0.6) is 0 Å². The van der Waals surface area contributed by atoms with E-state index < -0.39 is 29.7 Å². The molecule has 0 radical (unpaired) electrons. The third-order valence-electron chi connectivity index (χ3n) is 5.56. The Bertz CT molecular complexity index is 561. The largest absolute Gasteiger partial charge is 0.494 e. The Hall–Kier alpha value is -0.935. The summed E-state index contributed by atoms with van der Waals surface area (Å²) in [5, 5.41) is 0. The van der Waals surface area contributed by atoms with Gasteiger partial charge in [0.05, 0.1) is 11.2 Å². The summed E-state index contributed by atoms with van der Waals surface area (Å²) in [6.07, 6.45) is 1.16. The van der Waals surface area contributed by atoms with E-state index in [-0.39, 0.29) is 5.56 Å². The van der Waals surface area contributed by atoms with E-state index in [4.69, 9.17) is 9.31 Å². The van der Waals surface area contributed by atoms with Crippen molar-refractivity contribution < 1.29 is 18.1 Å². The summed E-state index contributed by atoms with van der Waals surface area (Å²) in [7, 11) is -0.510. The summed E-state index contributed by atoms with van der Waals surface area (Å²) in [6, 6.07) is 6.39. The Morgan fingerprint density at radius 2 is 1.36 bits per heavy atom. The summed E-state index contributed by atoms with van der Waals surface area (Å²) in [5.74, 6) is -2.78. The summed E-state index contributed by atoms with van der Waals surface area (Å²) in [4.78, 5) is 0. The molecule has 3 rings (SSSR count). The van der Waals surface area contributed by atoms with Gasteiger partial charge in [0.2, 0.25) is 0 Å². The second-order valence-electron chi connectivity index (χ2n) is 7.85. The maximum Gasteiger partial charge on any atom is 0.494 e. The molecule has 1 aliphatic heterocycles. The molecule has 2 aliphatic rings. The lowest BCUT2D eigenvalue weighted by Crippen LogP contribution is -2.41. The van der Waals surface area contributed by atoms with Gasteiger partial charge in [-0.25, -0.2) is 8.78 Å². The first-order chi connectivity index (χ1) is 9.99. The van der Waals surface area contributed by atoms with Crippen molar-refractivity contribution in [1.82, 2.24) is 0 Å². The highest BCUT2D eigenvalue weighted by Crippen LogP contribution is 2.60. The molecule has 0 spiro atoms. The van der Waals surface area contributed by atoms with Crippen molar-refractivity contribution in [2.75, 3.05) is 0 Å². The highest BCUT2D eigenvalue weighted by atomic mass is 19.3. The van der Waals surface area contributed by atoms with Gasteiger partial charge in [0.1, 0.15) is 0 Å². The summed E-state index contributed by atoms with van der Waals surface area (Å²) in [6.45, 7) is 9.55. The molecule has 1 heterocycles. The Labute approximate surface area is 131 Å². The maximum atomic E-state index is 14.4. The molecule has 5 heteroatoms. The standard InChI is InChI=1S/C17H23BF2O2/c1-14(2)15(3,4)22-18(21-14)13-8-6-12(7-9-13)17(19,20)16(5)10-11-16/h6-9H,10-11H2,1-5H3. The predicted octanol–water partition coefficient (Wildman–Crippen LogP) is 3.88. The number of alkyl halides is 2. The molecule has 2 fully saturated rings. The molecule has 0 atom stereocenters. The van der Waals surface area contributed by atoms with Gasteiger partial charge in [0.15, 0.2) is 0 Å². The lowest BCUT2D eigenvalue weighted by atomic mass is 9.78. The predicted molar refractivity (Wildman–Crippen MR) is 83.4 cm³/mol. The third-order valence-corrected chi connectivity index (χ3v) is 5.56. The topological polar surface area (TPSA) is 18.5 Å². The fourth-order valence-corrected chi connectivity index (χ4v) is 2.68. The van der Waals surface area contributed by atoms with Crippen LogP contribution in [0.4, 0.5) is 8.78 Å². The van der Waals surface area contributed by atoms with Crippen molar-refractivity contribution in [3.8, 4) is 0 Å².